The van der Waals surface area contributed by atoms with Crippen molar-refractivity contribution in [1.82, 2.24) is 24.4 Å². The molecule has 0 fully saturated rings. The van der Waals surface area contributed by atoms with Crippen LogP contribution in [0.2, 0.25) is 0 Å². The van der Waals surface area contributed by atoms with Crippen LogP contribution in [0.15, 0.2) is 47.5 Å². The van der Waals surface area contributed by atoms with E-state index in [4.69, 9.17) is 4.74 Å². The topological polar surface area (TPSA) is 135 Å². The highest BCUT2D eigenvalue weighted by Crippen LogP contribution is 2.17. The standard InChI is InChI=1S/C17H12N6O5/c1-2-28-17(25)12-9-18-22-13-7-8-21(16(24)14(13)19-20-15(12)22)10-3-5-11(6-4-10)23(26)27/h3-9H,2H2,1H3. The number of fused-ring (bicyclic) bond motifs is 3. The number of carbonyl (C=O) groups excluding carboxylic acids is 1. The van der Waals surface area contributed by atoms with Gasteiger partial charge < -0.3 is 4.74 Å². The van der Waals surface area contributed by atoms with Gasteiger partial charge in [0.25, 0.3) is 11.2 Å². The normalized spacial score (nSPS) is 11.0. The van der Waals surface area contributed by atoms with Gasteiger partial charge in [0.15, 0.2) is 11.2 Å². The Hall–Kier alpha value is -4.15. The molecule has 0 saturated carbocycles. The highest BCUT2D eigenvalue weighted by atomic mass is 16.6. The van der Waals surface area contributed by atoms with E-state index in [0.717, 1.165) is 0 Å². The lowest BCUT2D eigenvalue weighted by Gasteiger charge is -2.07. The molecule has 28 heavy (non-hydrogen) atoms. The molecule has 1 aromatic carbocycles. The molecule has 0 unspecified atom stereocenters. The van der Waals surface area contributed by atoms with Crippen molar-refractivity contribution in [2.24, 2.45) is 0 Å². The number of hydrogen-bond acceptors (Lipinski definition) is 8. The molecule has 0 amide bonds. The van der Waals surface area contributed by atoms with Gasteiger partial charge in [-0.3, -0.25) is 19.5 Å². The molecule has 11 heteroatoms. The zero-order chi connectivity index (χ0) is 19.8. The number of aromatic nitrogens is 5. The van der Waals surface area contributed by atoms with Crippen LogP contribution in [0, 0.1) is 10.1 Å². The lowest BCUT2D eigenvalue weighted by atomic mass is 10.2. The number of ether oxygens (including phenoxy) is 1. The molecule has 0 bridgehead atoms. The number of carbonyl (C=O) groups is 1. The first kappa shape index (κ1) is 17.3. The molecule has 0 aliphatic rings. The van der Waals surface area contributed by atoms with Crippen LogP contribution in [0.3, 0.4) is 0 Å². The quantitative estimate of drug-likeness (QED) is 0.295. The van der Waals surface area contributed by atoms with Crippen LogP contribution in [-0.4, -0.2) is 41.9 Å². The molecule has 0 atom stereocenters. The zero-order valence-corrected chi connectivity index (χ0v) is 14.5. The summed E-state index contributed by atoms with van der Waals surface area (Å²) >= 11 is 0. The average molecular weight is 380 g/mol. The van der Waals surface area contributed by atoms with Crippen molar-refractivity contribution in [3.8, 4) is 5.69 Å². The molecule has 3 heterocycles. The predicted octanol–water partition coefficient (Wildman–Crippen LogP) is 1.51. The number of non-ortho nitro benzene ring substituents is 1. The smallest absolute Gasteiger partial charge is 0.343 e. The van der Waals surface area contributed by atoms with Gasteiger partial charge >= 0.3 is 5.97 Å². The number of esters is 1. The molecule has 11 nitrogen and oxygen atoms in total. The first-order valence-corrected chi connectivity index (χ1v) is 8.19. The Morgan fingerprint density at radius 3 is 2.64 bits per heavy atom. The highest BCUT2D eigenvalue weighted by molar-refractivity contribution is 5.96. The second kappa shape index (κ2) is 6.54. The predicted molar refractivity (Wildman–Crippen MR) is 96.5 cm³/mol. The summed E-state index contributed by atoms with van der Waals surface area (Å²) in [6.07, 6.45) is 2.81. The van der Waals surface area contributed by atoms with Crippen molar-refractivity contribution in [2.75, 3.05) is 6.61 Å². The second-order valence-electron chi connectivity index (χ2n) is 5.71. The summed E-state index contributed by atoms with van der Waals surface area (Å²) in [7, 11) is 0. The van der Waals surface area contributed by atoms with Crippen LogP contribution in [0.1, 0.15) is 17.3 Å². The van der Waals surface area contributed by atoms with E-state index in [1.165, 1.54) is 45.7 Å². The van der Waals surface area contributed by atoms with E-state index in [1.807, 2.05) is 0 Å². The van der Waals surface area contributed by atoms with Crippen LogP contribution in [0.4, 0.5) is 5.69 Å². The Balaban J connectivity index is 1.86. The van der Waals surface area contributed by atoms with Crippen LogP contribution in [-0.2, 0) is 4.74 Å². The number of nitro benzene ring substituents is 1. The van der Waals surface area contributed by atoms with E-state index < -0.39 is 16.5 Å². The van der Waals surface area contributed by atoms with Crippen LogP contribution < -0.4 is 5.56 Å². The maximum absolute atomic E-state index is 12.8. The summed E-state index contributed by atoms with van der Waals surface area (Å²) in [6, 6.07) is 7.13. The SMILES string of the molecule is CCOC(=O)c1cnn2c1nnc1c(=O)n(-c3ccc([N+](=O)[O-])cc3)ccc12. The van der Waals surface area contributed by atoms with Crippen molar-refractivity contribution >= 4 is 28.3 Å². The molecule has 140 valence electrons. The Bertz CT molecular complexity index is 1290. The van der Waals surface area contributed by atoms with Gasteiger partial charge in [-0.25, -0.2) is 9.31 Å². The molecule has 0 saturated heterocycles. The summed E-state index contributed by atoms with van der Waals surface area (Å²) in [5.74, 6) is -0.578. The zero-order valence-electron chi connectivity index (χ0n) is 14.5. The first-order valence-electron chi connectivity index (χ1n) is 8.19. The summed E-state index contributed by atoms with van der Waals surface area (Å²) in [5.41, 5.74) is 0.605. The monoisotopic (exact) mass is 380 g/mol. The molecule has 0 N–H and O–H groups in total. The average Bonchev–Trinajstić information content (AvgIpc) is 3.13. The van der Waals surface area contributed by atoms with Crippen molar-refractivity contribution in [1.29, 1.82) is 0 Å². The van der Waals surface area contributed by atoms with Crippen molar-refractivity contribution in [3.05, 3.63) is 68.8 Å². The fraction of sp³-hybridized carbons (Fsp3) is 0.118. The molecule has 0 spiro atoms. The number of hydrogen-bond donors (Lipinski definition) is 0. The van der Waals surface area contributed by atoms with Gasteiger partial charge in [-0.15, -0.1) is 10.2 Å². The first-order chi connectivity index (χ1) is 13.5. The number of rotatable bonds is 4. The maximum Gasteiger partial charge on any atom is 0.343 e. The Morgan fingerprint density at radius 2 is 1.96 bits per heavy atom. The van der Waals surface area contributed by atoms with Gasteiger partial charge in [-0.2, -0.15) is 5.10 Å². The minimum Gasteiger partial charge on any atom is -0.462 e. The highest BCUT2D eigenvalue weighted by Gasteiger charge is 2.19. The van der Waals surface area contributed by atoms with Gasteiger partial charge in [0.2, 0.25) is 0 Å². The second-order valence-corrected chi connectivity index (χ2v) is 5.71. The molecule has 3 aromatic heterocycles. The molecular weight excluding hydrogens is 368 g/mol. The van der Waals surface area contributed by atoms with Crippen LogP contribution in [0.25, 0.3) is 22.4 Å². The van der Waals surface area contributed by atoms with E-state index >= 15 is 0 Å². The minimum absolute atomic E-state index is 0.0341. The third-order valence-electron chi connectivity index (χ3n) is 4.10. The fourth-order valence-electron chi connectivity index (χ4n) is 2.78. The third-order valence-corrected chi connectivity index (χ3v) is 4.10. The molecule has 0 aliphatic carbocycles. The van der Waals surface area contributed by atoms with E-state index in [9.17, 15) is 19.7 Å². The molecule has 0 radical (unpaired) electrons. The summed E-state index contributed by atoms with van der Waals surface area (Å²) < 4.78 is 7.60. The fourth-order valence-corrected chi connectivity index (χ4v) is 2.78. The summed E-state index contributed by atoms with van der Waals surface area (Å²) in [5, 5.41) is 22.8. The third kappa shape index (κ3) is 2.65. The molecule has 4 rings (SSSR count). The minimum atomic E-state index is -0.578. The lowest BCUT2D eigenvalue weighted by Crippen LogP contribution is -2.20. The van der Waals surface area contributed by atoms with E-state index in [2.05, 4.69) is 15.3 Å². The number of nitro groups is 1. The van der Waals surface area contributed by atoms with Crippen molar-refractivity contribution in [3.63, 3.8) is 0 Å². The Morgan fingerprint density at radius 1 is 1.21 bits per heavy atom. The summed E-state index contributed by atoms with van der Waals surface area (Å²) in [4.78, 5) is 35.1. The molecule has 4 aromatic rings. The van der Waals surface area contributed by atoms with Gasteiger partial charge in [0.05, 0.1) is 17.7 Å². The number of nitrogens with zero attached hydrogens (tertiary/aromatic N) is 6. The van der Waals surface area contributed by atoms with Crippen molar-refractivity contribution in [2.45, 2.75) is 6.92 Å². The lowest BCUT2D eigenvalue weighted by molar-refractivity contribution is -0.384. The van der Waals surface area contributed by atoms with Gasteiger partial charge in [-0.1, -0.05) is 0 Å². The molecule has 0 aliphatic heterocycles. The van der Waals surface area contributed by atoms with Crippen molar-refractivity contribution < 1.29 is 14.5 Å². The summed E-state index contributed by atoms with van der Waals surface area (Å²) in [6.45, 7) is 1.89. The van der Waals surface area contributed by atoms with Crippen LogP contribution >= 0.6 is 0 Å². The molecular formula is C17H12N6O5. The number of pyridine rings is 1. The van der Waals surface area contributed by atoms with E-state index in [-0.39, 0.29) is 29.0 Å². The van der Waals surface area contributed by atoms with Gasteiger partial charge in [0.1, 0.15) is 11.1 Å². The maximum atomic E-state index is 12.8. The largest absolute Gasteiger partial charge is 0.462 e. The van der Waals surface area contributed by atoms with Crippen LogP contribution in [0.5, 0.6) is 0 Å². The van der Waals surface area contributed by atoms with E-state index in [1.54, 1.807) is 13.0 Å². The van der Waals surface area contributed by atoms with Gasteiger partial charge in [0, 0.05) is 24.0 Å². The van der Waals surface area contributed by atoms with Gasteiger partial charge in [-0.05, 0) is 25.1 Å². The Kier molecular flexibility index (Phi) is 4.03. The van der Waals surface area contributed by atoms with E-state index in [0.29, 0.717) is 11.2 Å². The number of benzene rings is 1. The Labute approximate surface area is 155 Å².